The predicted molar refractivity (Wildman–Crippen MR) is 121 cm³/mol. The van der Waals surface area contributed by atoms with Gasteiger partial charge in [0, 0.05) is 31.0 Å². The quantitative estimate of drug-likeness (QED) is 0.463. The van der Waals surface area contributed by atoms with E-state index in [1.165, 1.54) is 0 Å². The van der Waals surface area contributed by atoms with E-state index in [2.05, 4.69) is 23.8 Å². The van der Waals surface area contributed by atoms with Crippen LogP contribution in [0, 0.1) is 0 Å². The summed E-state index contributed by atoms with van der Waals surface area (Å²) in [5.41, 5.74) is 2.37. The molecule has 0 unspecified atom stereocenters. The molecule has 0 saturated heterocycles. The molecule has 162 valence electrons. The van der Waals surface area contributed by atoms with Crippen molar-refractivity contribution in [2.75, 3.05) is 20.3 Å². The molecule has 0 atom stereocenters. The minimum Gasteiger partial charge on any atom is -0.493 e. The highest BCUT2D eigenvalue weighted by atomic mass is 16.5. The first-order chi connectivity index (χ1) is 15.2. The van der Waals surface area contributed by atoms with Crippen molar-refractivity contribution < 1.29 is 14.3 Å². The largest absolute Gasteiger partial charge is 0.493 e. The molecule has 0 aliphatic carbocycles. The first-order valence-electron chi connectivity index (χ1n) is 10.6. The van der Waals surface area contributed by atoms with Crippen LogP contribution in [0.2, 0.25) is 0 Å². The van der Waals surface area contributed by atoms with E-state index in [-0.39, 0.29) is 5.91 Å². The van der Waals surface area contributed by atoms with Gasteiger partial charge in [-0.3, -0.25) is 4.79 Å². The Morgan fingerprint density at radius 2 is 1.71 bits per heavy atom. The maximum Gasteiger partial charge on any atom is 0.257 e. The maximum atomic E-state index is 13.1. The van der Waals surface area contributed by atoms with Gasteiger partial charge < -0.3 is 14.4 Å². The van der Waals surface area contributed by atoms with Gasteiger partial charge in [-0.15, -0.1) is 0 Å². The molecule has 0 radical (unpaired) electrons. The Labute approximate surface area is 183 Å². The molecule has 3 aromatic rings. The summed E-state index contributed by atoms with van der Waals surface area (Å²) in [6.45, 7) is 5.85. The number of methoxy groups -OCH3 is 1. The van der Waals surface area contributed by atoms with Crippen molar-refractivity contribution in [2.45, 2.75) is 33.2 Å². The fourth-order valence-electron chi connectivity index (χ4n) is 3.24. The number of rotatable bonds is 10. The van der Waals surface area contributed by atoms with Gasteiger partial charge in [0.25, 0.3) is 5.91 Å². The predicted octanol–water partition coefficient (Wildman–Crippen LogP) is 4.99. The number of amides is 1. The van der Waals surface area contributed by atoms with Crippen molar-refractivity contribution in [3.05, 3.63) is 72.1 Å². The van der Waals surface area contributed by atoms with Gasteiger partial charge in [-0.25, -0.2) is 9.97 Å². The lowest BCUT2D eigenvalue weighted by molar-refractivity contribution is 0.0742. The number of carbonyl (C=O) groups is 1. The molecule has 0 bridgehead atoms. The average molecular weight is 420 g/mol. The van der Waals surface area contributed by atoms with E-state index in [4.69, 9.17) is 9.47 Å². The normalized spacial score (nSPS) is 10.5. The number of benzene rings is 2. The fourth-order valence-corrected chi connectivity index (χ4v) is 3.24. The van der Waals surface area contributed by atoms with E-state index in [0.29, 0.717) is 42.6 Å². The van der Waals surface area contributed by atoms with Gasteiger partial charge >= 0.3 is 0 Å². The van der Waals surface area contributed by atoms with E-state index < -0.39 is 0 Å². The molecule has 0 aliphatic rings. The van der Waals surface area contributed by atoms with Crippen molar-refractivity contribution >= 4 is 5.91 Å². The molecule has 0 N–H and O–H groups in total. The molecular formula is C25H29N3O3. The molecule has 0 aliphatic heterocycles. The fraction of sp³-hybridized carbons (Fsp3) is 0.320. The summed E-state index contributed by atoms with van der Waals surface area (Å²) in [7, 11) is 1.62. The van der Waals surface area contributed by atoms with Crippen LogP contribution in [0.15, 0.2) is 60.9 Å². The SMILES string of the molecule is CCCOc1ccc(CN(CCC)C(=O)c2cnc(-c3ccccc3)nc2)cc1OC. The summed E-state index contributed by atoms with van der Waals surface area (Å²) < 4.78 is 11.2. The van der Waals surface area contributed by atoms with Crippen LogP contribution in [0.1, 0.15) is 42.6 Å². The number of hydrogen-bond acceptors (Lipinski definition) is 5. The van der Waals surface area contributed by atoms with E-state index in [1.807, 2.05) is 53.4 Å². The standard InChI is InChI=1S/C25H29N3O3/c1-4-13-28(18-19-11-12-22(31-14-5-2)23(15-19)30-3)25(29)21-16-26-24(27-17-21)20-9-7-6-8-10-20/h6-12,15-17H,4-5,13-14,18H2,1-3H3. The molecule has 1 amide bonds. The lowest BCUT2D eigenvalue weighted by Gasteiger charge is -2.23. The van der Waals surface area contributed by atoms with Gasteiger partial charge in [0.05, 0.1) is 19.3 Å². The van der Waals surface area contributed by atoms with Gasteiger partial charge in [-0.2, -0.15) is 0 Å². The van der Waals surface area contributed by atoms with Crippen LogP contribution in [0.3, 0.4) is 0 Å². The average Bonchev–Trinajstić information content (AvgIpc) is 2.83. The number of ether oxygens (including phenoxy) is 2. The Hall–Kier alpha value is -3.41. The highest BCUT2D eigenvalue weighted by Crippen LogP contribution is 2.29. The van der Waals surface area contributed by atoms with Crippen LogP contribution < -0.4 is 9.47 Å². The Morgan fingerprint density at radius 3 is 2.35 bits per heavy atom. The van der Waals surface area contributed by atoms with Gasteiger partial charge in [0.2, 0.25) is 0 Å². The summed E-state index contributed by atoms with van der Waals surface area (Å²) in [4.78, 5) is 23.7. The molecule has 2 aromatic carbocycles. The van der Waals surface area contributed by atoms with Crippen molar-refractivity contribution in [1.82, 2.24) is 14.9 Å². The third-order valence-electron chi connectivity index (χ3n) is 4.77. The Bertz CT molecular complexity index is 975. The number of aromatic nitrogens is 2. The van der Waals surface area contributed by atoms with Crippen molar-refractivity contribution in [2.24, 2.45) is 0 Å². The second-order valence-corrected chi connectivity index (χ2v) is 7.22. The van der Waals surface area contributed by atoms with Gasteiger partial charge in [-0.05, 0) is 30.5 Å². The van der Waals surface area contributed by atoms with Gasteiger partial charge in [-0.1, -0.05) is 50.2 Å². The van der Waals surface area contributed by atoms with Crippen molar-refractivity contribution in [1.29, 1.82) is 0 Å². The minimum atomic E-state index is -0.0910. The topological polar surface area (TPSA) is 64.5 Å². The number of carbonyl (C=O) groups excluding carboxylic acids is 1. The van der Waals surface area contributed by atoms with E-state index in [0.717, 1.165) is 24.0 Å². The summed E-state index contributed by atoms with van der Waals surface area (Å²) in [5.74, 6) is 1.90. The smallest absolute Gasteiger partial charge is 0.257 e. The molecule has 6 nitrogen and oxygen atoms in total. The molecule has 0 spiro atoms. The first kappa shape index (κ1) is 22.3. The zero-order valence-corrected chi connectivity index (χ0v) is 18.4. The lowest BCUT2D eigenvalue weighted by Crippen LogP contribution is -2.31. The van der Waals surface area contributed by atoms with E-state index in [9.17, 15) is 4.79 Å². The van der Waals surface area contributed by atoms with Crippen molar-refractivity contribution in [3.8, 4) is 22.9 Å². The minimum absolute atomic E-state index is 0.0910. The van der Waals surface area contributed by atoms with Crippen LogP contribution >= 0.6 is 0 Å². The molecular weight excluding hydrogens is 390 g/mol. The van der Waals surface area contributed by atoms with E-state index in [1.54, 1.807) is 19.5 Å². The Kier molecular flexibility index (Phi) is 7.98. The summed E-state index contributed by atoms with van der Waals surface area (Å²) in [6, 6.07) is 15.5. The van der Waals surface area contributed by atoms with Crippen LogP contribution in [-0.4, -0.2) is 41.0 Å². The van der Waals surface area contributed by atoms with Gasteiger partial charge in [0.15, 0.2) is 17.3 Å². The monoisotopic (exact) mass is 419 g/mol. The highest BCUT2D eigenvalue weighted by molar-refractivity contribution is 5.93. The summed E-state index contributed by atoms with van der Waals surface area (Å²) in [6.07, 6.45) is 4.98. The van der Waals surface area contributed by atoms with Gasteiger partial charge in [0.1, 0.15) is 0 Å². The lowest BCUT2D eigenvalue weighted by atomic mass is 10.1. The molecule has 1 aromatic heterocycles. The number of nitrogens with zero attached hydrogens (tertiary/aromatic N) is 3. The van der Waals surface area contributed by atoms with Crippen LogP contribution in [-0.2, 0) is 6.54 Å². The van der Waals surface area contributed by atoms with Crippen LogP contribution in [0.4, 0.5) is 0 Å². The molecule has 3 rings (SSSR count). The van der Waals surface area contributed by atoms with E-state index >= 15 is 0 Å². The molecule has 0 saturated carbocycles. The maximum absolute atomic E-state index is 13.1. The summed E-state index contributed by atoms with van der Waals surface area (Å²) in [5, 5.41) is 0. The van der Waals surface area contributed by atoms with Crippen molar-refractivity contribution in [3.63, 3.8) is 0 Å². The highest BCUT2D eigenvalue weighted by Gasteiger charge is 2.18. The second-order valence-electron chi connectivity index (χ2n) is 7.22. The summed E-state index contributed by atoms with van der Waals surface area (Å²) >= 11 is 0. The Morgan fingerprint density at radius 1 is 0.968 bits per heavy atom. The molecule has 0 fully saturated rings. The zero-order valence-electron chi connectivity index (χ0n) is 18.4. The zero-order chi connectivity index (χ0) is 22.1. The Balaban J connectivity index is 1.76. The third-order valence-corrected chi connectivity index (χ3v) is 4.77. The second kappa shape index (κ2) is 11.1. The molecule has 1 heterocycles. The van der Waals surface area contributed by atoms with Crippen LogP contribution in [0.5, 0.6) is 11.5 Å². The number of hydrogen-bond donors (Lipinski definition) is 0. The van der Waals surface area contributed by atoms with Crippen LogP contribution in [0.25, 0.3) is 11.4 Å². The molecule has 31 heavy (non-hydrogen) atoms. The first-order valence-corrected chi connectivity index (χ1v) is 10.6. The molecule has 6 heteroatoms. The third kappa shape index (κ3) is 5.81.